The second kappa shape index (κ2) is 4.07. The lowest BCUT2D eigenvalue weighted by atomic mass is 10.1. The molecule has 0 aliphatic carbocycles. The fourth-order valence-corrected chi connectivity index (χ4v) is 1.67. The lowest BCUT2D eigenvalue weighted by Gasteiger charge is -1.99. The average molecular weight is 221 g/mol. The van der Waals surface area contributed by atoms with Crippen LogP contribution in [0, 0.1) is 0 Å². The number of H-pyrrole nitrogens is 1. The highest BCUT2D eigenvalue weighted by atomic mass is 35.5. The van der Waals surface area contributed by atoms with Gasteiger partial charge in [-0.1, -0.05) is 43.6 Å². The van der Waals surface area contributed by atoms with E-state index in [2.05, 4.69) is 24.0 Å². The summed E-state index contributed by atoms with van der Waals surface area (Å²) in [6.07, 6.45) is 0. The maximum atomic E-state index is 6.09. The molecule has 78 valence electrons. The van der Waals surface area contributed by atoms with Crippen LogP contribution >= 0.6 is 11.6 Å². The molecule has 0 atom stereocenters. The van der Waals surface area contributed by atoms with Crippen molar-refractivity contribution >= 4 is 11.6 Å². The second-order valence-corrected chi connectivity index (χ2v) is 4.25. The second-order valence-electron chi connectivity index (χ2n) is 3.84. The van der Waals surface area contributed by atoms with Crippen LogP contribution in [0.5, 0.6) is 0 Å². The maximum Gasteiger partial charge on any atom is 0.0938 e. The predicted molar refractivity (Wildman–Crippen MR) is 63.1 cm³/mol. The van der Waals surface area contributed by atoms with Crippen LogP contribution in [0.1, 0.15) is 25.5 Å². The summed E-state index contributed by atoms with van der Waals surface area (Å²) in [5.41, 5.74) is 3.01. The summed E-state index contributed by atoms with van der Waals surface area (Å²) in [4.78, 5) is 0. The summed E-state index contributed by atoms with van der Waals surface area (Å²) in [5, 5.41) is 8.02. The molecule has 0 saturated heterocycles. The molecule has 0 aliphatic rings. The summed E-state index contributed by atoms with van der Waals surface area (Å²) in [6.45, 7) is 4.26. The molecule has 3 heteroatoms. The number of nitrogens with one attached hydrogen (secondary N) is 1. The van der Waals surface area contributed by atoms with Crippen LogP contribution in [0.4, 0.5) is 0 Å². The van der Waals surface area contributed by atoms with Crippen LogP contribution in [0.2, 0.25) is 5.02 Å². The first-order chi connectivity index (χ1) is 7.18. The Bertz CT molecular complexity index is 460. The van der Waals surface area contributed by atoms with Gasteiger partial charge in [0, 0.05) is 11.3 Å². The Balaban J connectivity index is 2.42. The van der Waals surface area contributed by atoms with E-state index in [1.807, 2.05) is 30.3 Å². The number of aromatic nitrogens is 2. The first-order valence-electron chi connectivity index (χ1n) is 4.98. The van der Waals surface area contributed by atoms with Gasteiger partial charge in [-0.25, -0.2) is 0 Å². The first kappa shape index (κ1) is 10.2. The number of halogens is 1. The Morgan fingerprint density at radius 1 is 1.27 bits per heavy atom. The van der Waals surface area contributed by atoms with Crippen molar-refractivity contribution in [2.75, 3.05) is 0 Å². The van der Waals surface area contributed by atoms with Crippen molar-refractivity contribution in [1.29, 1.82) is 0 Å². The highest BCUT2D eigenvalue weighted by Crippen LogP contribution is 2.27. The third-order valence-electron chi connectivity index (χ3n) is 2.37. The van der Waals surface area contributed by atoms with Crippen LogP contribution < -0.4 is 0 Å². The van der Waals surface area contributed by atoms with Crippen molar-refractivity contribution < 1.29 is 0 Å². The Morgan fingerprint density at radius 2 is 2.00 bits per heavy atom. The summed E-state index contributed by atoms with van der Waals surface area (Å²) in [6, 6.07) is 9.78. The lowest BCUT2D eigenvalue weighted by Crippen LogP contribution is -1.85. The van der Waals surface area contributed by atoms with Crippen LogP contribution in [0.15, 0.2) is 30.3 Å². The Morgan fingerprint density at radius 3 is 2.60 bits per heavy atom. The topological polar surface area (TPSA) is 28.7 Å². The maximum absolute atomic E-state index is 6.09. The standard InChI is InChI=1S/C12H13ClN2/c1-8(2)11-7-12(15-14-11)9-5-3-4-6-10(9)13/h3-8H,1-2H3,(H,14,15). The zero-order valence-electron chi connectivity index (χ0n) is 8.79. The number of aromatic amines is 1. The Hall–Kier alpha value is -1.28. The Labute approximate surface area is 94.3 Å². The minimum atomic E-state index is 0.453. The zero-order chi connectivity index (χ0) is 10.8. The van der Waals surface area contributed by atoms with Gasteiger partial charge in [0.05, 0.1) is 10.7 Å². The number of benzene rings is 1. The summed E-state index contributed by atoms with van der Waals surface area (Å²) in [7, 11) is 0. The quantitative estimate of drug-likeness (QED) is 0.818. The van der Waals surface area contributed by atoms with Crippen molar-refractivity contribution in [3.63, 3.8) is 0 Å². The fourth-order valence-electron chi connectivity index (χ4n) is 1.44. The first-order valence-corrected chi connectivity index (χ1v) is 5.36. The molecule has 0 unspecified atom stereocenters. The summed E-state index contributed by atoms with van der Waals surface area (Å²) >= 11 is 6.09. The third kappa shape index (κ3) is 2.05. The van der Waals surface area contributed by atoms with E-state index in [-0.39, 0.29) is 0 Å². The molecule has 0 saturated carbocycles. The minimum absolute atomic E-state index is 0.453. The van der Waals surface area contributed by atoms with Crippen molar-refractivity contribution in [2.24, 2.45) is 0 Å². The third-order valence-corrected chi connectivity index (χ3v) is 2.70. The van der Waals surface area contributed by atoms with E-state index in [9.17, 15) is 0 Å². The van der Waals surface area contributed by atoms with Gasteiger partial charge >= 0.3 is 0 Å². The van der Waals surface area contributed by atoms with E-state index >= 15 is 0 Å². The molecule has 2 rings (SSSR count). The molecular formula is C12H13ClN2. The van der Waals surface area contributed by atoms with Gasteiger partial charge in [-0.2, -0.15) is 5.10 Å². The van der Waals surface area contributed by atoms with E-state index in [0.29, 0.717) is 5.92 Å². The van der Waals surface area contributed by atoms with Gasteiger partial charge in [0.15, 0.2) is 0 Å². The Kier molecular flexibility index (Phi) is 2.78. The van der Waals surface area contributed by atoms with Crippen molar-refractivity contribution in [3.05, 3.63) is 41.0 Å². The van der Waals surface area contributed by atoms with Gasteiger partial charge in [0.25, 0.3) is 0 Å². The average Bonchev–Trinajstić information content (AvgIpc) is 2.67. The van der Waals surface area contributed by atoms with E-state index in [4.69, 9.17) is 11.6 Å². The summed E-state index contributed by atoms with van der Waals surface area (Å²) in [5.74, 6) is 0.453. The van der Waals surface area contributed by atoms with E-state index in [1.54, 1.807) is 0 Å². The largest absolute Gasteiger partial charge is 0.282 e. The van der Waals surface area contributed by atoms with Gasteiger partial charge in [0.1, 0.15) is 0 Å². The van der Waals surface area contributed by atoms with Gasteiger partial charge in [0.2, 0.25) is 0 Å². The molecule has 1 heterocycles. The number of hydrogen-bond donors (Lipinski definition) is 1. The van der Waals surface area contributed by atoms with Crippen LogP contribution in [0.3, 0.4) is 0 Å². The zero-order valence-corrected chi connectivity index (χ0v) is 9.55. The van der Waals surface area contributed by atoms with Crippen molar-refractivity contribution in [2.45, 2.75) is 19.8 Å². The number of hydrogen-bond acceptors (Lipinski definition) is 1. The number of rotatable bonds is 2. The predicted octanol–water partition coefficient (Wildman–Crippen LogP) is 3.85. The van der Waals surface area contributed by atoms with E-state index < -0.39 is 0 Å². The molecule has 1 aromatic heterocycles. The van der Waals surface area contributed by atoms with Gasteiger partial charge in [-0.05, 0) is 18.1 Å². The SMILES string of the molecule is CC(C)c1cc(-c2ccccc2Cl)n[nH]1. The highest BCUT2D eigenvalue weighted by molar-refractivity contribution is 6.33. The molecule has 0 radical (unpaired) electrons. The van der Waals surface area contributed by atoms with Crippen molar-refractivity contribution in [3.8, 4) is 11.3 Å². The van der Waals surface area contributed by atoms with Crippen LogP contribution in [-0.4, -0.2) is 10.2 Å². The molecule has 2 nitrogen and oxygen atoms in total. The van der Waals surface area contributed by atoms with E-state index in [0.717, 1.165) is 22.0 Å². The molecular weight excluding hydrogens is 208 g/mol. The van der Waals surface area contributed by atoms with E-state index in [1.165, 1.54) is 0 Å². The minimum Gasteiger partial charge on any atom is -0.282 e. The van der Waals surface area contributed by atoms with Crippen molar-refractivity contribution in [1.82, 2.24) is 10.2 Å². The normalized spacial score (nSPS) is 10.9. The molecule has 0 bridgehead atoms. The van der Waals surface area contributed by atoms with Gasteiger partial charge < -0.3 is 0 Å². The smallest absolute Gasteiger partial charge is 0.0938 e. The molecule has 0 amide bonds. The molecule has 2 aromatic rings. The fraction of sp³-hybridized carbons (Fsp3) is 0.250. The monoisotopic (exact) mass is 220 g/mol. The molecule has 1 N–H and O–H groups in total. The number of nitrogens with zero attached hydrogens (tertiary/aromatic N) is 1. The van der Waals surface area contributed by atoms with Gasteiger partial charge in [-0.3, -0.25) is 5.10 Å². The lowest BCUT2D eigenvalue weighted by molar-refractivity contribution is 0.811. The molecule has 0 spiro atoms. The molecule has 0 fully saturated rings. The highest BCUT2D eigenvalue weighted by Gasteiger charge is 2.08. The summed E-state index contributed by atoms with van der Waals surface area (Å²) < 4.78 is 0. The molecule has 15 heavy (non-hydrogen) atoms. The van der Waals surface area contributed by atoms with Gasteiger partial charge in [-0.15, -0.1) is 0 Å². The van der Waals surface area contributed by atoms with Crippen LogP contribution in [0.25, 0.3) is 11.3 Å². The molecule has 0 aliphatic heterocycles. The van der Waals surface area contributed by atoms with Crippen LogP contribution in [-0.2, 0) is 0 Å². The molecule has 1 aromatic carbocycles.